The Bertz CT molecular complexity index is 576. The molecule has 0 aliphatic rings. The van der Waals surface area contributed by atoms with E-state index in [4.69, 9.17) is 23.2 Å². The van der Waals surface area contributed by atoms with Crippen LogP contribution in [0.25, 0.3) is 11.0 Å². The van der Waals surface area contributed by atoms with Gasteiger partial charge in [-0.3, -0.25) is 0 Å². The SMILES string of the molecule is CCC(CC)Cn1c(CCl)nc2cc(F)c(Cl)cc21. The normalized spacial score (nSPS) is 11.7. The zero-order valence-electron chi connectivity index (χ0n) is 11.1. The van der Waals surface area contributed by atoms with Gasteiger partial charge in [0.25, 0.3) is 0 Å². The lowest BCUT2D eigenvalue weighted by Gasteiger charge is -2.15. The van der Waals surface area contributed by atoms with E-state index in [-0.39, 0.29) is 5.02 Å². The molecule has 2 aromatic rings. The summed E-state index contributed by atoms with van der Waals surface area (Å²) in [5.41, 5.74) is 1.47. The smallest absolute Gasteiger partial charge is 0.144 e. The van der Waals surface area contributed by atoms with Gasteiger partial charge in [0.15, 0.2) is 0 Å². The molecule has 0 fully saturated rings. The lowest BCUT2D eigenvalue weighted by atomic mass is 10.0. The number of fused-ring (bicyclic) bond motifs is 1. The lowest BCUT2D eigenvalue weighted by Crippen LogP contribution is -2.11. The van der Waals surface area contributed by atoms with Gasteiger partial charge < -0.3 is 4.57 Å². The quantitative estimate of drug-likeness (QED) is 0.710. The molecular formula is C14H17Cl2FN2. The van der Waals surface area contributed by atoms with Gasteiger partial charge in [0, 0.05) is 12.6 Å². The number of nitrogens with zero attached hydrogens (tertiary/aromatic N) is 2. The monoisotopic (exact) mass is 302 g/mol. The number of imidazole rings is 1. The van der Waals surface area contributed by atoms with Crippen molar-refractivity contribution in [2.24, 2.45) is 5.92 Å². The Kier molecular flexibility index (Phi) is 4.69. The van der Waals surface area contributed by atoms with Crippen LogP contribution >= 0.6 is 23.2 Å². The Balaban J connectivity index is 2.53. The van der Waals surface area contributed by atoms with Crippen LogP contribution in [0.15, 0.2) is 12.1 Å². The largest absolute Gasteiger partial charge is 0.327 e. The van der Waals surface area contributed by atoms with Gasteiger partial charge in [-0.25, -0.2) is 9.37 Å². The molecule has 0 aliphatic heterocycles. The molecule has 2 rings (SSSR count). The summed E-state index contributed by atoms with van der Waals surface area (Å²) >= 11 is 11.8. The van der Waals surface area contributed by atoms with Gasteiger partial charge in [-0.2, -0.15) is 0 Å². The molecule has 1 heterocycles. The van der Waals surface area contributed by atoms with Crippen molar-refractivity contribution < 1.29 is 4.39 Å². The summed E-state index contributed by atoms with van der Waals surface area (Å²) in [6, 6.07) is 3.01. The zero-order valence-corrected chi connectivity index (χ0v) is 12.6. The molecule has 19 heavy (non-hydrogen) atoms. The molecule has 0 radical (unpaired) electrons. The summed E-state index contributed by atoms with van der Waals surface area (Å²) in [6.45, 7) is 5.17. The summed E-state index contributed by atoms with van der Waals surface area (Å²) in [7, 11) is 0. The maximum Gasteiger partial charge on any atom is 0.144 e. The third kappa shape index (κ3) is 2.87. The van der Waals surface area contributed by atoms with E-state index in [1.165, 1.54) is 6.07 Å². The van der Waals surface area contributed by atoms with Crippen molar-refractivity contribution in [3.8, 4) is 0 Å². The van der Waals surface area contributed by atoms with Gasteiger partial charge in [0.05, 0.1) is 21.9 Å². The van der Waals surface area contributed by atoms with Crippen LogP contribution in [0.4, 0.5) is 4.39 Å². The number of alkyl halides is 1. The van der Waals surface area contributed by atoms with Crippen molar-refractivity contribution in [1.82, 2.24) is 9.55 Å². The summed E-state index contributed by atoms with van der Waals surface area (Å²) in [4.78, 5) is 4.39. The van der Waals surface area contributed by atoms with Crippen LogP contribution in [0.3, 0.4) is 0 Å². The topological polar surface area (TPSA) is 17.8 Å². The fraction of sp³-hybridized carbons (Fsp3) is 0.500. The van der Waals surface area contributed by atoms with E-state index in [1.54, 1.807) is 6.07 Å². The van der Waals surface area contributed by atoms with Gasteiger partial charge in [0.2, 0.25) is 0 Å². The van der Waals surface area contributed by atoms with Crippen LogP contribution in [-0.2, 0) is 12.4 Å². The molecular weight excluding hydrogens is 286 g/mol. The van der Waals surface area contributed by atoms with Crippen molar-refractivity contribution in [2.75, 3.05) is 0 Å². The molecule has 0 saturated carbocycles. The Morgan fingerprint density at radius 1 is 1.32 bits per heavy atom. The maximum atomic E-state index is 13.5. The molecule has 0 spiro atoms. The molecule has 0 amide bonds. The van der Waals surface area contributed by atoms with E-state index in [2.05, 4.69) is 23.4 Å². The van der Waals surface area contributed by atoms with Crippen LogP contribution in [-0.4, -0.2) is 9.55 Å². The summed E-state index contributed by atoms with van der Waals surface area (Å²) < 4.78 is 15.5. The minimum absolute atomic E-state index is 0.124. The highest BCUT2D eigenvalue weighted by molar-refractivity contribution is 6.31. The van der Waals surface area contributed by atoms with Gasteiger partial charge in [-0.15, -0.1) is 11.6 Å². The van der Waals surface area contributed by atoms with E-state index in [9.17, 15) is 4.39 Å². The highest BCUT2D eigenvalue weighted by Crippen LogP contribution is 2.26. The highest BCUT2D eigenvalue weighted by atomic mass is 35.5. The number of benzene rings is 1. The molecule has 0 bridgehead atoms. The Morgan fingerprint density at radius 3 is 2.58 bits per heavy atom. The van der Waals surface area contributed by atoms with Crippen molar-refractivity contribution in [1.29, 1.82) is 0 Å². The molecule has 0 atom stereocenters. The van der Waals surface area contributed by atoms with Crippen LogP contribution in [0.5, 0.6) is 0 Å². The lowest BCUT2D eigenvalue weighted by molar-refractivity contribution is 0.419. The second kappa shape index (κ2) is 6.10. The molecule has 1 aromatic heterocycles. The van der Waals surface area contributed by atoms with Crippen LogP contribution < -0.4 is 0 Å². The number of hydrogen-bond donors (Lipinski definition) is 0. The molecule has 0 aliphatic carbocycles. The van der Waals surface area contributed by atoms with Crippen LogP contribution in [0, 0.1) is 11.7 Å². The first-order valence-corrected chi connectivity index (χ1v) is 7.42. The molecule has 5 heteroatoms. The van der Waals surface area contributed by atoms with E-state index >= 15 is 0 Å². The number of halogens is 3. The second-order valence-corrected chi connectivity index (χ2v) is 5.38. The number of hydrogen-bond acceptors (Lipinski definition) is 1. The molecule has 2 nitrogen and oxygen atoms in total. The second-order valence-electron chi connectivity index (χ2n) is 4.71. The summed E-state index contributed by atoms with van der Waals surface area (Å²) in [5, 5.41) is 0.124. The molecule has 1 aromatic carbocycles. The van der Waals surface area contributed by atoms with Crippen molar-refractivity contribution >= 4 is 34.2 Å². The first-order chi connectivity index (χ1) is 9.10. The van der Waals surface area contributed by atoms with E-state index < -0.39 is 5.82 Å². The Morgan fingerprint density at radius 2 is 2.00 bits per heavy atom. The first kappa shape index (κ1) is 14.6. The van der Waals surface area contributed by atoms with Crippen molar-refractivity contribution in [2.45, 2.75) is 39.1 Å². The average molecular weight is 303 g/mol. The van der Waals surface area contributed by atoms with Gasteiger partial charge >= 0.3 is 0 Å². The first-order valence-electron chi connectivity index (χ1n) is 6.50. The van der Waals surface area contributed by atoms with Gasteiger partial charge in [0.1, 0.15) is 11.6 Å². The minimum atomic E-state index is -0.442. The fourth-order valence-corrected chi connectivity index (χ4v) is 2.64. The predicted octanol–water partition coefficient (Wildman–Crippen LogP) is 5.00. The van der Waals surface area contributed by atoms with E-state index in [1.807, 2.05) is 0 Å². The molecule has 104 valence electrons. The average Bonchev–Trinajstić information content (AvgIpc) is 2.73. The van der Waals surface area contributed by atoms with Crippen LogP contribution in [0.1, 0.15) is 32.5 Å². The van der Waals surface area contributed by atoms with E-state index in [0.29, 0.717) is 17.3 Å². The Labute approximate surface area is 122 Å². The Hall–Kier alpha value is -0.800. The fourth-order valence-electron chi connectivity index (χ4n) is 2.28. The molecule has 0 N–H and O–H groups in total. The van der Waals surface area contributed by atoms with E-state index in [0.717, 1.165) is 30.7 Å². The van der Waals surface area contributed by atoms with Crippen molar-refractivity contribution in [3.63, 3.8) is 0 Å². The zero-order chi connectivity index (χ0) is 14.0. The van der Waals surface area contributed by atoms with Crippen LogP contribution in [0.2, 0.25) is 5.02 Å². The number of aromatic nitrogens is 2. The minimum Gasteiger partial charge on any atom is -0.327 e. The third-order valence-electron chi connectivity index (χ3n) is 3.58. The predicted molar refractivity (Wildman–Crippen MR) is 78.3 cm³/mol. The number of rotatable bonds is 5. The standard InChI is InChI=1S/C14H17Cl2FN2/c1-3-9(4-2)8-19-13-5-10(16)11(17)6-12(13)18-14(19)7-15/h5-6,9H,3-4,7-8H2,1-2H3. The highest BCUT2D eigenvalue weighted by Gasteiger charge is 2.15. The summed E-state index contributed by atoms with van der Waals surface area (Å²) in [6.07, 6.45) is 2.18. The van der Waals surface area contributed by atoms with Gasteiger partial charge in [-0.1, -0.05) is 38.3 Å². The molecule has 0 saturated heterocycles. The van der Waals surface area contributed by atoms with Gasteiger partial charge in [-0.05, 0) is 12.0 Å². The summed E-state index contributed by atoms with van der Waals surface area (Å²) in [5.74, 6) is 1.20. The maximum absolute atomic E-state index is 13.5. The third-order valence-corrected chi connectivity index (χ3v) is 4.11. The molecule has 0 unspecified atom stereocenters. The van der Waals surface area contributed by atoms with Crippen molar-refractivity contribution in [3.05, 3.63) is 28.8 Å².